The summed E-state index contributed by atoms with van der Waals surface area (Å²) in [5.41, 5.74) is 2.60. The molecular weight excluding hydrogens is 346 g/mol. The molecule has 7 nitrogen and oxygen atoms in total. The van der Waals surface area contributed by atoms with Crippen LogP contribution in [-0.4, -0.2) is 37.3 Å². The quantitative estimate of drug-likeness (QED) is 0.665. The van der Waals surface area contributed by atoms with E-state index in [2.05, 4.69) is 10.1 Å². The summed E-state index contributed by atoms with van der Waals surface area (Å²) in [7, 11) is 4.80. The molecule has 3 aromatic rings. The van der Waals surface area contributed by atoms with Gasteiger partial charge in [-0.15, -0.1) is 0 Å². The lowest BCUT2D eigenvalue weighted by atomic mass is 10.1. The fourth-order valence-corrected chi connectivity index (χ4v) is 2.69. The molecule has 0 radical (unpaired) electrons. The van der Waals surface area contributed by atoms with Crippen LogP contribution >= 0.6 is 0 Å². The van der Waals surface area contributed by atoms with Crippen molar-refractivity contribution in [1.82, 2.24) is 10.1 Å². The van der Waals surface area contributed by atoms with E-state index in [1.54, 1.807) is 39.5 Å². The van der Waals surface area contributed by atoms with E-state index in [1.165, 1.54) is 4.90 Å². The number of carbonyl (C=O) groups excluding carboxylic acids is 1. The predicted molar refractivity (Wildman–Crippen MR) is 101 cm³/mol. The maximum Gasteiger partial charge on any atom is 0.236 e. The minimum atomic E-state index is -0.179. The van der Waals surface area contributed by atoms with Gasteiger partial charge in [-0.1, -0.05) is 29.4 Å². The highest BCUT2D eigenvalue weighted by Gasteiger charge is 2.18. The van der Waals surface area contributed by atoms with Gasteiger partial charge in [-0.05, 0) is 24.6 Å². The summed E-state index contributed by atoms with van der Waals surface area (Å²) in [4.78, 5) is 18.5. The molecule has 0 aliphatic heterocycles. The zero-order valence-corrected chi connectivity index (χ0v) is 15.7. The van der Waals surface area contributed by atoms with Crippen molar-refractivity contribution in [1.29, 1.82) is 0 Å². The summed E-state index contributed by atoms with van der Waals surface area (Å²) in [6.07, 6.45) is 0.00370. The lowest BCUT2D eigenvalue weighted by Gasteiger charge is -2.18. The first-order chi connectivity index (χ1) is 13.0. The van der Waals surface area contributed by atoms with Gasteiger partial charge in [0, 0.05) is 24.4 Å². The van der Waals surface area contributed by atoms with Gasteiger partial charge in [-0.25, -0.2) is 0 Å². The maximum absolute atomic E-state index is 12.6. The highest BCUT2D eigenvalue weighted by atomic mass is 16.5. The number of methoxy groups -OCH3 is 2. The molecule has 1 heterocycles. The number of aryl methyl sites for hydroxylation is 1. The maximum atomic E-state index is 12.6. The van der Waals surface area contributed by atoms with Gasteiger partial charge in [0.15, 0.2) is 11.5 Å². The average molecular weight is 367 g/mol. The highest BCUT2D eigenvalue weighted by molar-refractivity contribution is 5.94. The Balaban J connectivity index is 1.75. The van der Waals surface area contributed by atoms with Crippen LogP contribution in [0.4, 0.5) is 5.69 Å². The molecule has 27 heavy (non-hydrogen) atoms. The van der Waals surface area contributed by atoms with E-state index >= 15 is 0 Å². The SMILES string of the molecule is COc1ccc(N(C)C(=O)Cc2nc(-c3ccccc3C)no2)cc1OC. The highest BCUT2D eigenvalue weighted by Crippen LogP contribution is 2.31. The molecular formula is C20H21N3O4. The number of hydrogen-bond acceptors (Lipinski definition) is 6. The van der Waals surface area contributed by atoms with Crippen molar-refractivity contribution in [3.8, 4) is 22.9 Å². The molecule has 0 bridgehead atoms. The molecule has 140 valence electrons. The lowest BCUT2D eigenvalue weighted by Crippen LogP contribution is -2.28. The second-order valence-corrected chi connectivity index (χ2v) is 6.00. The van der Waals surface area contributed by atoms with Crippen molar-refractivity contribution >= 4 is 11.6 Å². The molecule has 0 saturated carbocycles. The third-order valence-electron chi connectivity index (χ3n) is 4.29. The standard InChI is InChI=1S/C20H21N3O4/c1-13-7-5-6-8-15(13)20-21-18(27-22-20)12-19(24)23(2)14-9-10-16(25-3)17(11-14)26-4/h5-11H,12H2,1-4H3. The number of benzene rings is 2. The first-order valence-electron chi connectivity index (χ1n) is 8.40. The normalized spacial score (nSPS) is 10.5. The fraction of sp³-hybridized carbons (Fsp3) is 0.250. The number of rotatable bonds is 6. The van der Waals surface area contributed by atoms with E-state index in [9.17, 15) is 4.79 Å². The van der Waals surface area contributed by atoms with Gasteiger partial charge >= 0.3 is 0 Å². The number of nitrogens with zero attached hydrogens (tertiary/aromatic N) is 3. The third-order valence-corrected chi connectivity index (χ3v) is 4.29. The Hall–Kier alpha value is -3.35. The molecule has 0 unspecified atom stereocenters. The second-order valence-electron chi connectivity index (χ2n) is 6.00. The summed E-state index contributed by atoms with van der Waals surface area (Å²) in [6, 6.07) is 13.0. The molecule has 0 aliphatic carbocycles. The number of aromatic nitrogens is 2. The smallest absolute Gasteiger partial charge is 0.236 e. The zero-order valence-electron chi connectivity index (χ0n) is 15.7. The Bertz CT molecular complexity index is 952. The lowest BCUT2D eigenvalue weighted by molar-refractivity contribution is -0.118. The number of likely N-dealkylation sites (N-methyl/N-ethyl adjacent to an activating group) is 1. The van der Waals surface area contributed by atoms with E-state index in [0.717, 1.165) is 11.1 Å². The summed E-state index contributed by atoms with van der Waals surface area (Å²) >= 11 is 0. The number of hydrogen-bond donors (Lipinski definition) is 0. The van der Waals surface area contributed by atoms with Crippen LogP contribution in [0.25, 0.3) is 11.4 Å². The Morgan fingerprint density at radius 2 is 1.85 bits per heavy atom. The van der Waals surface area contributed by atoms with Crippen LogP contribution in [0.5, 0.6) is 11.5 Å². The zero-order chi connectivity index (χ0) is 19.4. The van der Waals surface area contributed by atoms with Crippen molar-refractivity contribution in [2.75, 3.05) is 26.2 Å². The van der Waals surface area contributed by atoms with Crippen molar-refractivity contribution in [2.45, 2.75) is 13.3 Å². The molecule has 2 aromatic carbocycles. The molecule has 0 aliphatic rings. The van der Waals surface area contributed by atoms with Crippen LogP contribution in [-0.2, 0) is 11.2 Å². The Morgan fingerprint density at radius 1 is 1.11 bits per heavy atom. The van der Waals surface area contributed by atoms with E-state index in [0.29, 0.717) is 23.0 Å². The Labute approximate surface area is 157 Å². The van der Waals surface area contributed by atoms with E-state index in [-0.39, 0.29) is 18.2 Å². The number of amides is 1. The second kappa shape index (κ2) is 7.90. The van der Waals surface area contributed by atoms with Gasteiger partial charge in [0.1, 0.15) is 6.42 Å². The van der Waals surface area contributed by atoms with Gasteiger partial charge in [0.25, 0.3) is 0 Å². The molecule has 0 fully saturated rings. The van der Waals surface area contributed by atoms with Crippen LogP contribution < -0.4 is 14.4 Å². The number of ether oxygens (including phenoxy) is 2. The summed E-state index contributed by atoms with van der Waals surface area (Å²) < 4.78 is 15.8. The number of anilines is 1. The first-order valence-corrected chi connectivity index (χ1v) is 8.40. The minimum Gasteiger partial charge on any atom is -0.493 e. The largest absolute Gasteiger partial charge is 0.493 e. The van der Waals surface area contributed by atoms with Gasteiger partial charge in [0.2, 0.25) is 17.6 Å². The molecule has 0 saturated heterocycles. The van der Waals surface area contributed by atoms with Crippen LogP contribution in [0.2, 0.25) is 0 Å². The van der Waals surface area contributed by atoms with Crippen LogP contribution in [0.3, 0.4) is 0 Å². The Morgan fingerprint density at radius 3 is 2.56 bits per heavy atom. The molecule has 0 atom stereocenters. The first kappa shape index (κ1) is 18.4. The van der Waals surface area contributed by atoms with Crippen molar-refractivity contribution in [2.24, 2.45) is 0 Å². The van der Waals surface area contributed by atoms with Gasteiger partial charge < -0.3 is 18.9 Å². The minimum absolute atomic E-state index is 0.00370. The van der Waals surface area contributed by atoms with E-state index in [4.69, 9.17) is 14.0 Å². The summed E-state index contributed by atoms with van der Waals surface area (Å²) in [6.45, 7) is 1.97. The molecule has 1 amide bonds. The molecule has 7 heteroatoms. The Kier molecular flexibility index (Phi) is 5.40. The summed E-state index contributed by atoms with van der Waals surface area (Å²) in [5, 5.41) is 3.99. The predicted octanol–water partition coefficient (Wildman–Crippen LogP) is 3.27. The van der Waals surface area contributed by atoms with Crippen molar-refractivity contribution in [3.63, 3.8) is 0 Å². The van der Waals surface area contributed by atoms with Crippen LogP contribution in [0.15, 0.2) is 47.0 Å². The van der Waals surface area contributed by atoms with Crippen molar-refractivity contribution < 1.29 is 18.8 Å². The van der Waals surface area contributed by atoms with Gasteiger partial charge in [-0.3, -0.25) is 4.79 Å². The molecule has 3 rings (SSSR count). The summed E-state index contributed by atoms with van der Waals surface area (Å²) in [5.74, 6) is 1.72. The third kappa shape index (κ3) is 3.92. The van der Waals surface area contributed by atoms with Crippen molar-refractivity contribution in [3.05, 3.63) is 53.9 Å². The van der Waals surface area contributed by atoms with E-state index < -0.39 is 0 Å². The molecule has 0 N–H and O–H groups in total. The van der Waals surface area contributed by atoms with Crippen LogP contribution in [0.1, 0.15) is 11.5 Å². The average Bonchev–Trinajstić information content (AvgIpc) is 3.15. The van der Waals surface area contributed by atoms with Gasteiger partial charge in [0.05, 0.1) is 14.2 Å². The molecule has 0 spiro atoms. The van der Waals surface area contributed by atoms with Crippen LogP contribution in [0, 0.1) is 6.92 Å². The fourth-order valence-electron chi connectivity index (χ4n) is 2.69. The number of carbonyl (C=O) groups is 1. The molecule has 1 aromatic heterocycles. The topological polar surface area (TPSA) is 77.7 Å². The van der Waals surface area contributed by atoms with Gasteiger partial charge in [-0.2, -0.15) is 4.98 Å². The monoisotopic (exact) mass is 367 g/mol. The van der Waals surface area contributed by atoms with E-state index in [1.807, 2.05) is 31.2 Å².